The Bertz CT molecular complexity index is 760. The van der Waals surface area contributed by atoms with Crippen LogP contribution in [-0.4, -0.2) is 10.9 Å². The number of aryl methyl sites for hydroxylation is 1. The van der Waals surface area contributed by atoms with Crippen molar-refractivity contribution in [1.82, 2.24) is 0 Å². The molecule has 0 aliphatic rings. The van der Waals surface area contributed by atoms with Crippen molar-refractivity contribution in [2.24, 2.45) is 0 Å². The van der Waals surface area contributed by atoms with Crippen molar-refractivity contribution in [3.63, 3.8) is 0 Å². The van der Waals surface area contributed by atoms with Gasteiger partial charge in [-0.05, 0) is 37.0 Å². The molecule has 0 aromatic heterocycles. The number of ketones is 1. The molecule has 0 aliphatic heterocycles. The maximum absolute atomic E-state index is 12.8. The number of hydrogen-bond donors (Lipinski definition) is 1. The number of hydrogen-bond acceptors (Lipinski definition) is 2. The summed E-state index contributed by atoms with van der Waals surface area (Å²) in [6, 6.07) is 11.1. The van der Waals surface area contributed by atoms with E-state index in [9.17, 15) is 9.90 Å². The number of aromatic hydroxyl groups is 1. The average molecular weight is 308 g/mol. The number of benzene rings is 2. The van der Waals surface area contributed by atoms with Crippen molar-refractivity contribution >= 4 is 11.4 Å². The summed E-state index contributed by atoms with van der Waals surface area (Å²) < 4.78 is 0. The van der Waals surface area contributed by atoms with Crippen LogP contribution >= 0.6 is 0 Å². The third-order valence-electron chi connectivity index (χ3n) is 3.95. The van der Waals surface area contributed by atoms with Gasteiger partial charge in [0.05, 0.1) is 0 Å². The highest BCUT2D eigenvalue weighted by Crippen LogP contribution is 2.37. The van der Waals surface area contributed by atoms with E-state index in [0.717, 1.165) is 16.7 Å². The Morgan fingerprint density at radius 3 is 2.09 bits per heavy atom. The second kappa shape index (κ2) is 6.04. The second-order valence-electron chi connectivity index (χ2n) is 7.15. The summed E-state index contributed by atoms with van der Waals surface area (Å²) in [7, 11) is 0. The summed E-state index contributed by atoms with van der Waals surface area (Å²) in [4.78, 5) is 12.8. The van der Waals surface area contributed by atoms with E-state index in [4.69, 9.17) is 0 Å². The van der Waals surface area contributed by atoms with Gasteiger partial charge in [0.25, 0.3) is 0 Å². The Hall–Kier alpha value is -2.35. The normalized spacial score (nSPS) is 11.3. The fourth-order valence-corrected chi connectivity index (χ4v) is 2.53. The van der Waals surface area contributed by atoms with Crippen LogP contribution < -0.4 is 0 Å². The van der Waals surface area contributed by atoms with E-state index in [-0.39, 0.29) is 16.9 Å². The van der Waals surface area contributed by atoms with Crippen molar-refractivity contribution in [2.75, 3.05) is 0 Å². The highest BCUT2D eigenvalue weighted by atomic mass is 16.3. The largest absolute Gasteiger partial charge is 0.507 e. The third-order valence-corrected chi connectivity index (χ3v) is 3.95. The topological polar surface area (TPSA) is 37.3 Å². The zero-order valence-electron chi connectivity index (χ0n) is 14.5. The molecule has 0 spiro atoms. The van der Waals surface area contributed by atoms with E-state index in [0.29, 0.717) is 16.7 Å². The van der Waals surface area contributed by atoms with Crippen molar-refractivity contribution < 1.29 is 9.90 Å². The van der Waals surface area contributed by atoms with Crippen LogP contribution in [0.25, 0.3) is 5.57 Å². The molecular formula is C21H24O2. The standard InChI is InChI=1S/C21H24O2/c1-13(2)17-11-16(12-18(20(17)23)21(4,5)6)19(22)15-9-7-14(3)8-10-15/h7-12,23H,1H2,2-6H3. The Morgan fingerprint density at radius 1 is 1.04 bits per heavy atom. The Balaban J connectivity index is 2.62. The van der Waals surface area contributed by atoms with Crippen LogP contribution in [0.15, 0.2) is 43.0 Å². The number of allylic oxidation sites excluding steroid dienone is 1. The van der Waals surface area contributed by atoms with Gasteiger partial charge in [-0.25, -0.2) is 0 Å². The molecule has 0 fully saturated rings. The van der Waals surface area contributed by atoms with Gasteiger partial charge >= 0.3 is 0 Å². The molecule has 0 bridgehead atoms. The molecule has 0 atom stereocenters. The SMILES string of the molecule is C=C(C)c1cc(C(=O)c2ccc(C)cc2)cc(C(C)(C)C)c1O. The lowest BCUT2D eigenvalue weighted by Crippen LogP contribution is -2.14. The van der Waals surface area contributed by atoms with Gasteiger partial charge in [-0.1, -0.05) is 57.2 Å². The van der Waals surface area contributed by atoms with Crippen LogP contribution in [0, 0.1) is 6.92 Å². The fraction of sp³-hybridized carbons (Fsp3) is 0.286. The number of phenols is 1. The van der Waals surface area contributed by atoms with Crippen LogP contribution in [-0.2, 0) is 5.41 Å². The van der Waals surface area contributed by atoms with Gasteiger partial charge in [0.2, 0.25) is 0 Å². The summed E-state index contributed by atoms with van der Waals surface area (Å²) in [6.07, 6.45) is 0. The predicted octanol–water partition coefficient (Wildman–Crippen LogP) is 5.26. The molecule has 2 aromatic rings. The second-order valence-corrected chi connectivity index (χ2v) is 7.15. The highest BCUT2D eigenvalue weighted by molar-refractivity contribution is 6.09. The van der Waals surface area contributed by atoms with Crippen LogP contribution in [0.3, 0.4) is 0 Å². The minimum absolute atomic E-state index is 0.0435. The lowest BCUT2D eigenvalue weighted by molar-refractivity contribution is 0.103. The lowest BCUT2D eigenvalue weighted by atomic mass is 9.82. The van der Waals surface area contributed by atoms with Gasteiger partial charge in [-0.2, -0.15) is 0 Å². The molecule has 2 aromatic carbocycles. The molecule has 23 heavy (non-hydrogen) atoms. The van der Waals surface area contributed by atoms with Crippen LogP contribution in [0.1, 0.15) is 60.3 Å². The maximum Gasteiger partial charge on any atom is 0.193 e. The molecule has 0 saturated heterocycles. The Labute approximate surface area is 138 Å². The van der Waals surface area contributed by atoms with Crippen molar-refractivity contribution in [3.8, 4) is 5.75 Å². The molecule has 0 aliphatic carbocycles. The molecule has 1 N–H and O–H groups in total. The van der Waals surface area contributed by atoms with Crippen molar-refractivity contribution in [3.05, 3.63) is 70.8 Å². The predicted molar refractivity (Wildman–Crippen MR) is 96.1 cm³/mol. The quantitative estimate of drug-likeness (QED) is 0.785. The number of phenolic OH excluding ortho intramolecular Hbond substituents is 1. The van der Waals surface area contributed by atoms with E-state index in [1.54, 1.807) is 12.1 Å². The van der Waals surface area contributed by atoms with E-state index >= 15 is 0 Å². The van der Waals surface area contributed by atoms with Gasteiger partial charge < -0.3 is 5.11 Å². The molecular weight excluding hydrogens is 284 g/mol. The minimum atomic E-state index is -0.266. The molecule has 0 radical (unpaired) electrons. The summed E-state index contributed by atoms with van der Waals surface area (Å²) in [5, 5.41) is 10.5. The molecule has 2 nitrogen and oxygen atoms in total. The van der Waals surface area contributed by atoms with E-state index in [2.05, 4.69) is 6.58 Å². The first kappa shape index (κ1) is 17.0. The molecule has 0 heterocycles. The molecule has 0 amide bonds. The number of carbonyl (C=O) groups excluding carboxylic acids is 1. The zero-order valence-corrected chi connectivity index (χ0v) is 14.5. The van der Waals surface area contributed by atoms with Crippen LogP contribution in [0.4, 0.5) is 0 Å². The summed E-state index contributed by atoms with van der Waals surface area (Å²) in [6.45, 7) is 13.8. The summed E-state index contributed by atoms with van der Waals surface area (Å²) in [5.41, 5.74) is 4.21. The fourth-order valence-electron chi connectivity index (χ4n) is 2.53. The maximum atomic E-state index is 12.8. The van der Waals surface area contributed by atoms with Gasteiger partial charge in [0, 0.05) is 22.3 Å². The van der Waals surface area contributed by atoms with Gasteiger partial charge in [-0.15, -0.1) is 0 Å². The van der Waals surface area contributed by atoms with E-state index in [1.165, 1.54) is 0 Å². The van der Waals surface area contributed by atoms with Gasteiger partial charge in [0.1, 0.15) is 5.75 Å². The van der Waals surface area contributed by atoms with Crippen LogP contribution in [0.5, 0.6) is 5.75 Å². The molecule has 0 unspecified atom stereocenters. The number of rotatable bonds is 3. The van der Waals surface area contributed by atoms with E-state index in [1.807, 2.05) is 58.9 Å². The number of carbonyl (C=O) groups is 1. The third kappa shape index (κ3) is 3.53. The minimum Gasteiger partial charge on any atom is -0.507 e. The monoisotopic (exact) mass is 308 g/mol. The average Bonchev–Trinajstić information content (AvgIpc) is 2.46. The smallest absolute Gasteiger partial charge is 0.193 e. The lowest BCUT2D eigenvalue weighted by Gasteiger charge is -2.23. The van der Waals surface area contributed by atoms with Gasteiger partial charge in [0.15, 0.2) is 5.78 Å². The first-order valence-electron chi connectivity index (χ1n) is 7.76. The molecule has 120 valence electrons. The van der Waals surface area contributed by atoms with Crippen LogP contribution in [0.2, 0.25) is 0 Å². The highest BCUT2D eigenvalue weighted by Gasteiger charge is 2.23. The molecule has 2 heteroatoms. The molecule has 2 rings (SSSR count). The van der Waals surface area contributed by atoms with E-state index < -0.39 is 0 Å². The Morgan fingerprint density at radius 2 is 1.61 bits per heavy atom. The van der Waals surface area contributed by atoms with Crippen molar-refractivity contribution in [2.45, 2.75) is 40.0 Å². The zero-order chi connectivity index (χ0) is 17.4. The first-order valence-corrected chi connectivity index (χ1v) is 7.76. The van der Waals surface area contributed by atoms with Crippen molar-refractivity contribution in [1.29, 1.82) is 0 Å². The summed E-state index contributed by atoms with van der Waals surface area (Å²) in [5.74, 6) is 0.170. The molecule has 0 saturated carbocycles. The first-order chi connectivity index (χ1) is 10.6. The Kier molecular flexibility index (Phi) is 4.46. The van der Waals surface area contributed by atoms with Gasteiger partial charge in [-0.3, -0.25) is 4.79 Å². The summed E-state index contributed by atoms with van der Waals surface area (Å²) >= 11 is 0.